The zero-order valence-electron chi connectivity index (χ0n) is 15.6. The maximum absolute atomic E-state index is 12.6. The molecule has 2 atom stereocenters. The van der Waals surface area contributed by atoms with Crippen LogP contribution in [0, 0.1) is 19.8 Å². The van der Waals surface area contributed by atoms with Gasteiger partial charge in [0.05, 0.1) is 6.54 Å². The molecule has 1 aromatic carbocycles. The Labute approximate surface area is 148 Å². The largest absolute Gasteiger partial charge is 0.352 e. The number of urea groups is 1. The van der Waals surface area contributed by atoms with Crippen molar-refractivity contribution in [2.45, 2.75) is 40.2 Å². The fourth-order valence-electron chi connectivity index (χ4n) is 2.43. The lowest BCUT2D eigenvalue weighted by Gasteiger charge is -2.27. The molecule has 1 rings (SSSR count). The van der Waals surface area contributed by atoms with Crippen LogP contribution >= 0.6 is 0 Å². The third-order valence-corrected chi connectivity index (χ3v) is 4.20. The highest BCUT2D eigenvalue weighted by atomic mass is 16.2. The second-order valence-corrected chi connectivity index (χ2v) is 6.43. The summed E-state index contributed by atoms with van der Waals surface area (Å²) in [6.07, 6.45) is 0.694. The standard InChI is InChI=1S/C18H28N4O3/c1-6-12(3)16(21-18(19)25)17(24)22(5)10-15(23)20-14-9-11(2)7-8-13(14)4/h7-9,12,16H,6,10H2,1-5H3,(H,20,23)(H3,19,21,25). The van der Waals surface area contributed by atoms with Crippen LogP contribution in [0.5, 0.6) is 0 Å². The first-order valence-electron chi connectivity index (χ1n) is 8.33. The quantitative estimate of drug-likeness (QED) is 0.699. The molecular formula is C18H28N4O3. The molecule has 7 heteroatoms. The minimum Gasteiger partial charge on any atom is -0.352 e. The van der Waals surface area contributed by atoms with Crippen molar-refractivity contribution in [1.29, 1.82) is 0 Å². The van der Waals surface area contributed by atoms with Crippen LogP contribution in [0.3, 0.4) is 0 Å². The predicted octanol–water partition coefficient (Wildman–Crippen LogP) is 1.78. The summed E-state index contributed by atoms with van der Waals surface area (Å²) in [7, 11) is 1.53. The van der Waals surface area contributed by atoms with Crippen LogP contribution < -0.4 is 16.4 Å². The number of nitrogens with two attached hydrogens (primary N) is 1. The van der Waals surface area contributed by atoms with Crippen molar-refractivity contribution in [2.24, 2.45) is 11.7 Å². The highest BCUT2D eigenvalue weighted by molar-refractivity contribution is 5.96. The molecule has 0 saturated carbocycles. The molecule has 2 unspecified atom stereocenters. The van der Waals surface area contributed by atoms with Crippen molar-refractivity contribution in [3.05, 3.63) is 29.3 Å². The maximum atomic E-state index is 12.6. The van der Waals surface area contributed by atoms with E-state index in [0.29, 0.717) is 6.42 Å². The second kappa shape index (κ2) is 9.05. The zero-order chi connectivity index (χ0) is 19.1. The molecule has 0 aliphatic heterocycles. The number of aryl methyl sites for hydroxylation is 2. The average Bonchev–Trinajstić information content (AvgIpc) is 2.54. The smallest absolute Gasteiger partial charge is 0.312 e. The van der Waals surface area contributed by atoms with Crippen molar-refractivity contribution in [3.8, 4) is 0 Å². The summed E-state index contributed by atoms with van der Waals surface area (Å²) in [4.78, 5) is 37.3. The van der Waals surface area contributed by atoms with Gasteiger partial charge in [0.25, 0.3) is 0 Å². The van der Waals surface area contributed by atoms with Gasteiger partial charge < -0.3 is 21.3 Å². The van der Waals surface area contributed by atoms with Gasteiger partial charge in [0.1, 0.15) is 6.04 Å². The molecule has 7 nitrogen and oxygen atoms in total. The highest BCUT2D eigenvalue weighted by Gasteiger charge is 2.28. The molecule has 0 saturated heterocycles. The monoisotopic (exact) mass is 348 g/mol. The van der Waals surface area contributed by atoms with E-state index in [9.17, 15) is 14.4 Å². The summed E-state index contributed by atoms with van der Waals surface area (Å²) in [5.74, 6) is -0.736. The number of likely N-dealkylation sites (N-methyl/N-ethyl adjacent to an activating group) is 1. The lowest BCUT2D eigenvalue weighted by Crippen LogP contribution is -2.53. The molecule has 4 N–H and O–H groups in total. The molecule has 138 valence electrons. The molecule has 4 amide bonds. The SMILES string of the molecule is CCC(C)C(NC(N)=O)C(=O)N(C)CC(=O)Nc1cc(C)ccc1C. The molecular weight excluding hydrogens is 320 g/mol. The number of nitrogens with zero attached hydrogens (tertiary/aromatic N) is 1. The number of anilines is 1. The van der Waals surface area contributed by atoms with Crippen LogP contribution in [0.4, 0.5) is 10.5 Å². The summed E-state index contributed by atoms with van der Waals surface area (Å²) >= 11 is 0. The fraction of sp³-hybridized carbons (Fsp3) is 0.500. The van der Waals surface area contributed by atoms with Crippen molar-refractivity contribution in [2.75, 3.05) is 18.9 Å². The van der Waals surface area contributed by atoms with Gasteiger partial charge >= 0.3 is 6.03 Å². The van der Waals surface area contributed by atoms with Gasteiger partial charge in [-0.25, -0.2) is 4.79 Å². The fourth-order valence-corrected chi connectivity index (χ4v) is 2.43. The van der Waals surface area contributed by atoms with E-state index in [4.69, 9.17) is 5.73 Å². The number of amides is 4. The van der Waals surface area contributed by atoms with Crippen molar-refractivity contribution in [3.63, 3.8) is 0 Å². The number of carbonyl (C=O) groups excluding carboxylic acids is 3. The van der Waals surface area contributed by atoms with Gasteiger partial charge in [0.15, 0.2) is 0 Å². The number of carbonyl (C=O) groups is 3. The van der Waals surface area contributed by atoms with Gasteiger partial charge in [0.2, 0.25) is 11.8 Å². The number of rotatable bonds is 7. The molecule has 0 aromatic heterocycles. The number of hydrogen-bond donors (Lipinski definition) is 3. The molecule has 0 heterocycles. The molecule has 0 bridgehead atoms. The predicted molar refractivity (Wildman–Crippen MR) is 98.1 cm³/mol. The Bertz CT molecular complexity index is 645. The summed E-state index contributed by atoms with van der Waals surface area (Å²) in [5, 5.41) is 5.28. The Morgan fingerprint density at radius 2 is 1.88 bits per heavy atom. The van der Waals surface area contributed by atoms with Gasteiger partial charge in [-0.1, -0.05) is 32.4 Å². The first kappa shape index (κ1) is 20.5. The Kier molecular flexibility index (Phi) is 7.42. The van der Waals surface area contributed by atoms with E-state index in [1.54, 1.807) is 0 Å². The summed E-state index contributed by atoms with van der Waals surface area (Å²) in [6, 6.07) is 4.27. The van der Waals surface area contributed by atoms with E-state index in [-0.39, 0.29) is 24.3 Å². The number of nitrogens with one attached hydrogen (secondary N) is 2. The lowest BCUT2D eigenvalue weighted by molar-refractivity contribution is -0.136. The first-order valence-corrected chi connectivity index (χ1v) is 8.33. The minimum absolute atomic E-state index is 0.0930. The van der Waals surface area contributed by atoms with Crippen molar-refractivity contribution >= 4 is 23.5 Å². The Morgan fingerprint density at radius 1 is 1.24 bits per heavy atom. The van der Waals surface area contributed by atoms with Crippen LogP contribution in [0.15, 0.2) is 18.2 Å². The maximum Gasteiger partial charge on any atom is 0.312 e. The molecule has 0 spiro atoms. The summed E-state index contributed by atoms with van der Waals surface area (Å²) < 4.78 is 0. The van der Waals surface area contributed by atoms with E-state index in [1.807, 2.05) is 45.9 Å². The topological polar surface area (TPSA) is 105 Å². The van der Waals surface area contributed by atoms with Gasteiger partial charge in [-0.3, -0.25) is 9.59 Å². The number of benzene rings is 1. The van der Waals surface area contributed by atoms with E-state index in [2.05, 4.69) is 10.6 Å². The summed E-state index contributed by atoms with van der Waals surface area (Å²) in [6.45, 7) is 7.50. The third kappa shape index (κ3) is 6.10. The molecule has 0 fully saturated rings. The molecule has 0 aliphatic rings. The van der Waals surface area contributed by atoms with Crippen molar-refractivity contribution < 1.29 is 14.4 Å². The van der Waals surface area contributed by atoms with Crippen molar-refractivity contribution in [1.82, 2.24) is 10.2 Å². The summed E-state index contributed by atoms with van der Waals surface area (Å²) in [5.41, 5.74) is 7.86. The van der Waals surface area contributed by atoms with E-state index < -0.39 is 12.1 Å². The Hall–Kier alpha value is -2.57. The zero-order valence-corrected chi connectivity index (χ0v) is 15.6. The van der Waals surface area contributed by atoms with Crippen LogP contribution in [0.1, 0.15) is 31.4 Å². The average molecular weight is 348 g/mol. The van der Waals surface area contributed by atoms with Crippen LogP contribution in [0.25, 0.3) is 0 Å². The van der Waals surface area contributed by atoms with E-state index in [1.165, 1.54) is 11.9 Å². The van der Waals surface area contributed by atoms with E-state index >= 15 is 0 Å². The number of primary amides is 1. The van der Waals surface area contributed by atoms with E-state index in [0.717, 1.165) is 16.8 Å². The van der Waals surface area contributed by atoms with Crippen LogP contribution in [-0.2, 0) is 9.59 Å². The van der Waals surface area contributed by atoms with Gasteiger partial charge in [-0.2, -0.15) is 0 Å². The van der Waals surface area contributed by atoms with Gasteiger partial charge in [-0.15, -0.1) is 0 Å². The van der Waals surface area contributed by atoms with Gasteiger partial charge in [0, 0.05) is 12.7 Å². The molecule has 1 aromatic rings. The van der Waals surface area contributed by atoms with Gasteiger partial charge in [-0.05, 0) is 37.0 Å². The lowest BCUT2D eigenvalue weighted by atomic mass is 9.98. The molecule has 0 radical (unpaired) electrons. The normalized spacial score (nSPS) is 12.8. The van der Waals surface area contributed by atoms with Crippen LogP contribution in [-0.4, -0.2) is 42.4 Å². The van der Waals surface area contributed by atoms with Crippen LogP contribution in [0.2, 0.25) is 0 Å². The third-order valence-electron chi connectivity index (χ3n) is 4.20. The number of hydrogen-bond acceptors (Lipinski definition) is 3. The Morgan fingerprint density at radius 3 is 2.44 bits per heavy atom. The molecule has 25 heavy (non-hydrogen) atoms. The first-order chi connectivity index (χ1) is 11.6. The highest BCUT2D eigenvalue weighted by Crippen LogP contribution is 2.16. The minimum atomic E-state index is -0.758. The Balaban J connectivity index is 2.76. The second-order valence-electron chi connectivity index (χ2n) is 6.43. The molecule has 0 aliphatic carbocycles.